The van der Waals surface area contributed by atoms with Gasteiger partial charge in [0.05, 0.1) is 16.9 Å². The maximum atomic E-state index is 13.3. The summed E-state index contributed by atoms with van der Waals surface area (Å²) < 4.78 is 2.27. The van der Waals surface area contributed by atoms with Gasteiger partial charge in [0.15, 0.2) is 0 Å². The maximum absolute atomic E-state index is 13.3. The molecule has 5 rings (SSSR count). The Morgan fingerprint density at radius 2 is 1.90 bits per heavy atom. The van der Waals surface area contributed by atoms with Crippen molar-refractivity contribution in [2.75, 3.05) is 25.0 Å². The number of fused-ring (bicyclic) bond motifs is 6. The predicted molar refractivity (Wildman–Crippen MR) is 122 cm³/mol. The minimum Gasteiger partial charge on any atom is -0.356 e. The third kappa shape index (κ3) is 3.09. The molecule has 0 spiro atoms. The number of hydrogen-bond acceptors (Lipinski definition) is 3. The number of carbonyl (C=O) groups excluding carboxylic acids is 2. The van der Waals surface area contributed by atoms with Gasteiger partial charge in [0.25, 0.3) is 5.91 Å². The summed E-state index contributed by atoms with van der Waals surface area (Å²) in [6.45, 7) is 4.05. The molecule has 2 amide bonds. The molecule has 3 aromatic rings. The van der Waals surface area contributed by atoms with E-state index in [4.69, 9.17) is 0 Å². The van der Waals surface area contributed by atoms with E-state index in [1.165, 1.54) is 10.9 Å². The Morgan fingerprint density at radius 1 is 1.13 bits per heavy atom. The number of rotatable bonds is 5. The van der Waals surface area contributed by atoms with Gasteiger partial charge in [-0.3, -0.25) is 9.59 Å². The molecule has 0 aliphatic carbocycles. The molecular weight excluding hydrogens is 388 g/mol. The van der Waals surface area contributed by atoms with Crippen LogP contribution >= 0.6 is 0 Å². The lowest BCUT2D eigenvalue weighted by Gasteiger charge is -2.46. The van der Waals surface area contributed by atoms with Gasteiger partial charge >= 0.3 is 0 Å². The van der Waals surface area contributed by atoms with Crippen molar-refractivity contribution in [1.29, 1.82) is 0 Å². The van der Waals surface area contributed by atoms with Crippen LogP contribution in [0.25, 0.3) is 10.9 Å². The van der Waals surface area contributed by atoms with Crippen LogP contribution in [-0.2, 0) is 17.8 Å². The fourth-order valence-electron chi connectivity index (χ4n) is 5.12. The Labute approximate surface area is 182 Å². The Morgan fingerprint density at radius 3 is 2.74 bits per heavy atom. The standard InChI is InChI=1S/C25H28N4O2/c1-3-14-26-22(30)13-16-28-21-11-7-4-8-17(21)18-12-15-29-24(23(18)28)27(2)20-10-6-5-9-19(20)25(29)31/h4-11,24H,3,12-16H2,1-2H3,(H,26,30)/t24-/m1/s1. The van der Waals surface area contributed by atoms with Crippen molar-refractivity contribution in [3.8, 4) is 0 Å². The molecule has 0 unspecified atom stereocenters. The molecule has 31 heavy (non-hydrogen) atoms. The van der Waals surface area contributed by atoms with Gasteiger partial charge in [-0.15, -0.1) is 0 Å². The topological polar surface area (TPSA) is 57.6 Å². The summed E-state index contributed by atoms with van der Waals surface area (Å²) in [5.74, 6) is 0.154. The SMILES string of the molecule is CCCNC(=O)CCn1c2c(c3ccccc31)CCN1C(=O)c3ccccc3N(C)[C@@H]21. The van der Waals surface area contributed by atoms with Crippen LogP contribution in [0.2, 0.25) is 0 Å². The minimum absolute atomic E-state index is 0.0690. The van der Waals surface area contributed by atoms with E-state index in [1.54, 1.807) is 0 Å². The first-order valence-corrected chi connectivity index (χ1v) is 11.1. The quantitative estimate of drug-likeness (QED) is 0.690. The third-order valence-electron chi connectivity index (χ3n) is 6.54. The predicted octanol–water partition coefficient (Wildman–Crippen LogP) is 3.70. The lowest BCUT2D eigenvalue weighted by Crippen LogP contribution is -2.51. The lowest BCUT2D eigenvalue weighted by molar-refractivity contribution is -0.121. The van der Waals surface area contributed by atoms with Crippen molar-refractivity contribution in [2.45, 2.75) is 38.9 Å². The van der Waals surface area contributed by atoms with Gasteiger partial charge in [0.2, 0.25) is 5.91 Å². The minimum atomic E-state index is -0.169. The van der Waals surface area contributed by atoms with Crippen molar-refractivity contribution < 1.29 is 9.59 Å². The van der Waals surface area contributed by atoms with Crippen molar-refractivity contribution in [3.63, 3.8) is 0 Å². The Kier molecular flexibility index (Phi) is 4.93. The van der Waals surface area contributed by atoms with Crippen LogP contribution < -0.4 is 10.2 Å². The van der Waals surface area contributed by atoms with E-state index in [9.17, 15) is 9.59 Å². The summed E-state index contributed by atoms with van der Waals surface area (Å²) in [6, 6.07) is 16.2. The van der Waals surface area contributed by atoms with Crippen LogP contribution in [0.5, 0.6) is 0 Å². The van der Waals surface area contributed by atoms with Crippen molar-refractivity contribution in [1.82, 2.24) is 14.8 Å². The smallest absolute Gasteiger partial charge is 0.257 e. The van der Waals surface area contributed by atoms with E-state index < -0.39 is 0 Å². The first-order valence-electron chi connectivity index (χ1n) is 11.1. The third-order valence-corrected chi connectivity index (χ3v) is 6.54. The van der Waals surface area contributed by atoms with E-state index in [0.717, 1.165) is 35.3 Å². The fraction of sp³-hybridized carbons (Fsp3) is 0.360. The summed E-state index contributed by atoms with van der Waals surface area (Å²) >= 11 is 0. The highest BCUT2D eigenvalue weighted by Gasteiger charge is 2.42. The zero-order valence-electron chi connectivity index (χ0n) is 18.1. The zero-order chi connectivity index (χ0) is 21.5. The second-order valence-corrected chi connectivity index (χ2v) is 8.38. The zero-order valence-corrected chi connectivity index (χ0v) is 18.1. The number of benzene rings is 2. The monoisotopic (exact) mass is 416 g/mol. The number of anilines is 1. The number of amides is 2. The summed E-state index contributed by atoms with van der Waals surface area (Å²) in [4.78, 5) is 29.9. The number of aromatic nitrogens is 1. The molecule has 0 fully saturated rings. The molecule has 6 heteroatoms. The van der Waals surface area contributed by atoms with Crippen molar-refractivity contribution in [2.24, 2.45) is 0 Å². The molecule has 160 valence electrons. The molecule has 2 aliphatic rings. The van der Waals surface area contributed by atoms with Crippen LogP contribution in [-0.4, -0.2) is 41.4 Å². The van der Waals surface area contributed by atoms with Crippen LogP contribution in [0.4, 0.5) is 5.69 Å². The van der Waals surface area contributed by atoms with Crippen LogP contribution in [0.3, 0.4) is 0 Å². The van der Waals surface area contributed by atoms with Gasteiger partial charge in [0, 0.05) is 44.0 Å². The largest absolute Gasteiger partial charge is 0.356 e. The first-order chi connectivity index (χ1) is 15.1. The van der Waals surface area contributed by atoms with Crippen LogP contribution in [0.1, 0.15) is 47.5 Å². The molecule has 6 nitrogen and oxygen atoms in total. The van der Waals surface area contributed by atoms with Gasteiger partial charge in [-0.05, 0) is 36.6 Å². The van der Waals surface area contributed by atoms with E-state index in [2.05, 4.69) is 47.0 Å². The number of nitrogens with zero attached hydrogens (tertiary/aromatic N) is 3. The van der Waals surface area contributed by atoms with E-state index in [0.29, 0.717) is 26.1 Å². The highest BCUT2D eigenvalue weighted by atomic mass is 16.2. The number of nitrogens with one attached hydrogen (secondary N) is 1. The van der Waals surface area contributed by atoms with Crippen LogP contribution in [0, 0.1) is 0 Å². The average molecular weight is 417 g/mol. The molecule has 0 radical (unpaired) electrons. The second-order valence-electron chi connectivity index (χ2n) is 8.38. The molecule has 2 aliphatic heterocycles. The molecule has 1 atom stereocenters. The number of aryl methyl sites for hydroxylation is 1. The van der Waals surface area contributed by atoms with Gasteiger partial charge < -0.3 is 19.7 Å². The summed E-state index contributed by atoms with van der Waals surface area (Å²) in [5.41, 5.74) is 5.29. The molecule has 1 aromatic heterocycles. The van der Waals surface area contributed by atoms with Gasteiger partial charge in [0.1, 0.15) is 6.17 Å². The molecule has 1 N–H and O–H groups in total. The summed E-state index contributed by atoms with van der Waals surface area (Å²) in [6.07, 6.45) is 2.00. The average Bonchev–Trinajstić information content (AvgIpc) is 3.13. The van der Waals surface area contributed by atoms with Crippen molar-refractivity contribution in [3.05, 3.63) is 65.4 Å². The van der Waals surface area contributed by atoms with Crippen LogP contribution in [0.15, 0.2) is 48.5 Å². The lowest BCUT2D eigenvalue weighted by atomic mass is 9.96. The maximum Gasteiger partial charge on any atom is 0.257 e. The molecule has 0 saturated carbocycles. The fourth-order valence-corrected chi connectivity index (χ4v) is 5.12. The highest BCUT2D eigenvalue weighted by molar-refractivity contribution is 6.02. The highest BCUT2D eigenvalue weighted by Crippen LogP contribution is 2.44. The Bertz CT molecular complexity index is 1170. The van der Waals surface area contributed by atoms with Gasteiger partial charge in [-0.25, -0.2) is 0 Å². The van der Waals surface area contributed by atoms with E-state index >= 15 is 0 Å². The summed E-state index contributed by atoms with van der Waals surface area (Å²) in [7, 11) is 2.06. The Hall–Kier alpha value is -3.28. The normalized spacial score (nSPS) is 17.4. The molecule has 2 aromatic carbocycles. The van der Waals surface area contributed by atoms with Crippen molar-refractivity contribution >= 4 is 28.4 Å². The second kappa shape index (κ2) is 7.76. The Balaban J connectivity index is 1.61. The molecule has 0 bridgehead atoms. The van der Waals surface area contributed by atoms with E-state index in [1.807, 2.05) is 35.2 Å². The van der Waals surface area contributed by atoms with E-state index in [-0.39, 0.29) is 18.0 Å². The first kappa shape index (κ1) is 19.7. The number of hydrogen-bond donors (Lipinski definition) is 1. The van der Waals surface area contributed by atoms with Gasteiger partial charge in [-0.2, -0.15) is 0 Å². The summed E-state index contributed by atoms with van der Waals surface area (Å²) in [5, 5.41) is 4.21. The van der Waals surface area contributed by atoms with Gasteiger partial charge in [-0.1, -0.05) is 37.3 Å². The molecule has 0 saturated heterocycles. The molecular formula is C25H28N4O2. The number of carbonyl (C=O) groups is 2. The number of para-hydroxylation sites is 2. The molecule has 3 heterocycles.